The van der Waals surface area contributed by atoms with Gasteiger partial charge in [-0.3, -0.25) is 4.79 Å². The van der Waals surface area contributed by atoms with Crippen LogP contribution in [0.15, 0.2) is 12.1 Å². The number of rotatable bonds is 1. The van der Waals surface area contributed by atoms with Gasteiger partial charge in [-0.2, -0.15) is 0 Å². The van der Waals surface area contributed by atoms with E-state index in [0.29, 0.717) is 16.8 Å². The van der Waals surface area contributed by atoms with Gasteiger partial charge in [0.2, 0.25) is 0 Å². The third-order valence-corrected chi connectivity index (χ3v) is 5.28. The van der Waals surface area contributed by atoms with Gasteiger partial charge in [-0.1, -0.05) is 30.9 Å². The van der Waals surface area contributed by atoms with Gasteiger partial charge in [0.25, 0.3) is 5.91 Å². The maximum Gasteiger partial charge on any atom is 0.254 e. The Morgan fingerprint density at radius 2 is 1.81 bits per heavy atom. The number of nitrogen functional groups attached to an aromatic ring is 1. The number of hydrogen-bond donors (Lipinski definition) is 1. The Morgan fingerprint density at radius 3 is 2.43 bits per heavy atom. The molecule has 0 aromatic carbocycles. The predicted octanol–water partition coefficient (Wildman–Crippen LogP) is 3.50. The van der Waals surface area contributed by atoms with Crippen molar-refractivity contribution in [1.82, 2.24) is 9.88 Å². The van der Waals surface area contributed by atoms with Gasteiger partial charge in [-0.15, -0.1) is 0 Å². The summed E-state index contributed by atoms with van der Waals surface area (Å²) in [4.78, 5) is 18.4. The molecule has 1 amide bonds. The number of nitrogens with zero attached hydrogens (tertiary/aromatic N) is 2. The highest BCUT2D eigenvalue weighted by Gasteiger charge is 2.36. The van der Waals surface area contributed by atoms with E-state index in [1.807, 2.05) is 4.90 Å². The number of carbonyl (C=O) groups excluding carboxylic acids is 1. The minimum Gasteiger partial charge on any atom is -0.384 e. The molecule has 4 nitrogen and oxygen atoms in total. The average Bonchev–Trinajstić information content (AvgIpc) is 2.47. The van der Waals surface area contributed by atoms with Gasteiger partial charge in [0.1, 0.15) is 11.0 Å². The molecule has 1 aliphatic heterocycles. The number of likely N-dealkylation sites (tertiary alicyclic amines) is 1. The van der Waals surface area contributed by atoms with Crippen LogP contribution in [0.25, 0.3) is 0 Å². The topological polar surface area (TPSA) is 59.2 Å². The second kappa shape index (κ2) is 5.84. The standard InChI is InChI=1S/C16H22ClN3O/c17-13-10-12(11-14(18)19-13)15(21)20-8-6-16(7-9-20)4-2-1-3-5-16/h10-11H,1-9H2,(H2,18,19). The second-order valence-electron chi connectivity index (χ2n) is 6.46. The molecular weight excluding hydrogens is 286 g/mol. The van der Waals surface area contributed by atoms with E-state index in [9.17, 15) is 4.79 Å². The number of halogens is 1. The first-order chi connectivity index (χ1) is 10.1. The van der Waals surface area contributed by atoms with Crippen LogP contribution in [-0.2, 0) is 0 Å². The van der Waals surface area contributed by atoms with Crippen molar-refractivity contribution in [3.8, 4) is 0 Å². The summed E-state index contributed by atoms with van der Waals surface area (Å²) >= 11 is 5.89. The minimum atomic E-state index is 0.0247. The molecule has 1 aromatic rings. The molecule has 3 rings (SSSR count). The Kier molecular flexibility index (Phi) is 4.07. The Bertz CT molecular complexity index is 510. The van der Waals surface area contributed by atoms with Gasteiger partial charge >= 0.3 is 0 Å². The molecule has 1 aromatic heterocycles. The second-order valence-corrected chi connectivity index (χ2v) is 6.84. The van der Waals surface area contributed by atoms with E-state index in [4.69, 9.17) is 17.3 Å². The third-order valence-electron chi connectivity index (χ3n) is 5.09. The molecule has 1 spiro atoms. The highest BCUT2D eigenvalue weighted by molar-refractivity contribution is 6.29. The van der Waals surface area contributed by atoms with Crippen LogP contribution in [0, 0.1) is 5.41 Å². The summed E-state index contributed by atoms with van der Waals surface area (Å²) < 4.78 is 0. The monoisotopic (exact) mass is 307 g/mol. The molecule has 21 heavy (non-hydrogen) atoms. The van der Waals surface area contributed by atoms with Crippen molar-refractivity contribution >= 4 is 23.3 Å². The SMILES string of the molecule is Nc1cc(C(=O)N2CCC3(CCCCC3)CC2)cc(Cl)n1. The Morgan fingerprint density at radius 1 is 1.14 bits per heavy atom. The van der Waals surface area contributed by atoms with Crippen LogP contribution in [0.1, 0.15) is 55.3 Å². The zero-order valence-corrected chi connectivity index (χ0v) is 13.0. The fourth-order valence-electron chi connectivity index (χ4n) is 3.81. The molecule has 5 heteroatoms. The summed E-state index contributed by atoms with van der Waals surface area (Å²) in [5, 5.41) is 0.277. The zero-order valence-electron chi connectivity index (χ0n) is 12.3. The number of aromatic nitrogens is 1. The number of nitrogens with two attached hydrogens (primary N) is 1. The summed E-state index contributed by atoms with van der Waals surface area (Å²) in [6.07, 6.45) is 9.01. The Balaban J connectivity index is 1.67. The van der Waals surface area contributed by atoms with Crippen LogP contribution >= 0.6 is 11.6 Å². The maximum atomic E-state index is 12.6. The molecule has 1 saturated carbocycles. The number of carbonyl (C=O) groups is 1. The first kappa shape index (κ1) is 14.6. The number of pyridine rings is 1. The van der Waals surface area contributed by atoms with Crippen molar-refractivity contribution < 1.29 is 4.79 Å². The van der Waals surface area contributed by atoms with Crippen LogP contribution < -0.4 is 5.73 Å². The Labute approximate surface area is 130 Å². The molecule has 1 saturated heterocycles. The smallest absolute Gasteiger partial charge is 0.254 e. The molecule has 2 N–H and O–H groups in total. The summed E-state index contributed by atoms with van der Waals surface area (Å²) in [6.45, 7) is 1.69. The van der Waals surface area contributed by atoms with E-state index in [-0.39, 0.29) is 11.1 Å². The van der Waals surface area contributed by atoms with Crippen molar-refractivity contribution in [2.24, 2.45) is 5.41 Å². The molecular formula is C16H22ClN3O. The lowest BCUT2D eigenvalue weighted by Gasteiger charge is -2.44. The van der Waals surface area contributed by atoms with Crippen LogP contribution in [-0.4, -0.2) is 28.9 Å². The molecule has 2 fully saturated rings. The summed E-state index contributed by atoms with van der Waals surface area (Å²) in [5.41, 5.74) is 6.72. The minimum absolute atomic E-state index is 0.0247. The average molecular weight is 308 g/mol. The van der Waals surface area contributed by atoms with Gasteiger partial charge in [0.05, 0.1) is 0 Å². The highest BCUT2D eigenvalue weighted by atomic mass is 35.5. The van der Waals surface area contributed by atoms with Crippen LogP contribution in [0.2, 0.25) is 5.15 Å². The molecule has 2 heterocycles. The number of anilines is 1. The fraction of sp³-hybridized carbons (Fsp3) is 0.625. The number of piperidine rings is 1. The lowest BCUT2D eigenvalue weighted by atomic mass is 9.68. The van der Waals surface area contributed by atoms with E-state index in [1.165, 1.54) is 32.1 Å². The van der Waals surface area contributed by atoms with E-state index < -0.39 is 0 Å². The molecule has 0 unspecified atom stereocenters. The summed E-state index contributed by atoms with van der Waals surface area (Å²) in [6, 6.07) is 3.21. The number of amides is 1. The van der Waals surface area contributed by atoms with Gasteiger partial charge in [-0.05, 0) is 43.2 Å². The summed E-state index contributed by atoms with van der Waals surface area (Å²) in [5.74, 6) is 0.322. The maximum absolute atomic E-state index is 12.6. The van der Waals surface area contributed by atoms with Gasteiger partial charge < -0.3 is 10.6 Å². The highest BCUT2D eigenvalue weighted by Crippen LogP contribution is 2.44. The third kappa shape index (κ3) is 3.15. The van der Waals surface area contributed by atoms with Crippen molar-refractivity contribution in [1.29, 1.82) is 0 Å². The molecule has 0 radical (unpaired) electrons. The van der Waals surface area contributed by atoms with Crippen molar-refractivity contribution in [2.75, 3.05) is 18.8 Å². The lowest BCUT2D eigenvalue weighted by molar-refractivity contribution is 0.0472. The van der Waals surface area contributed by atoms with Gasteiger partial charge in [0.15, 0.2) is 0 Å². The molecule has 114 valence electrons. The Hall–Kier alpha value is -1.29. The first-order valence-electron chi connectivity index (χ1n) is 7.80. The fourth-order valence-corrected chi connectivity index (χ4v) is 4.02. The van der Waals surface area contributed by atoms with Crippen LogP contribution in [0.4, 0.5) is 5.82 Å². The van der Waals surface area contributed by atoms with Crippen molar-refractivity contribution in [3.63, 3.8) is 0 Å². The van der Waals surface area contributed by atoms with Crippen LogP contribution in [0.5, 0.6) is 0 Å². The van der Waals surface area contributed by atoms with Crippen molar-refractivity contribution in [2.45, 2.75) is 44.9 Å². The van der Waals surface area contributed by atoms with E-state index in [2.05, 4.69) is 4.98 Å². The first-order valence-corrected chi connectivity index (χ1v) is 8.18. The predicted molar refractivity (Wildman–Crippen MR) is 84.3 cm³/mol. The van der Waals surface area contributed by atoms with E-state index in [0.717, 1.165) is 25.9 Å². The zero-order chi connectivity index (χ0) is 14.9. The van der Waals surface area contributed by atoms with Gasteiger partial charge in [-0.25, -0.2) is 4.98 Å². The normalized spacial score (nSPS) is 21.5. The van der Waals surface area contributed by atoms with Crippen LogP contribution in [0.3, 0.4) is 0 Å². The van der Waals surface area contributed by atoms with Gasteiger partial charge in [0, 0.05) is 18.7 Å². The molecule has 0 atom stereocenters. The molecule has 0 bridgehead atoms. The molecule has 1 aliphatic carbocycles. The summed E-state index contributed by atoms with van der Waals surface area (Å²) in [7, 11) is 0. The van der Waals surface area contributed by atoms with Crippen molar-refractivity contribution in [3.05, 3.63) is 22.8 Å². The quantitative estimate of drug-likeness (QED) is 0.808. The molecule has 2 aliphatic rings. The number of hydrogen-bond acceptors (Lipinski definition) is 3. The van der Waals surface area contributed by atoms with E-state index >= 15 is 0 Å². The largest absolute Gasteiger partial charge is 0.384 e. The van der Waals surface area contributed by atoms with E-state index in [1.54, 1.807) is 12.1 Å². The lowest BCUT2D eigenvalue weighted by Crippen LogP contribution is -2.43.